The number of nitrogen functional groups attached to an aromatic ring is 1. The summed E-state index contributed by atoms with van der Waals surface area (Å²) >= 11 is 6.51. The van der Waals surface area contributed by atoms with Crippen LogP contribution in [0.1, 0.15) is 23.0 Å². The predicted octanol–water partition coefficient (Wildman–Crippen LogP) is 4.55. The zero-order valence-electron chi connectivity index (χ0n) is 19.9. The van der Waals surface area contributed by atoms with Crippen LogP contribution in [0.4, 0.5) is 11.6 Å². The number of ether oxygens (including phenoxy) is 1. The zero-order valence-corrected chi connectivity index (χ0v) is 20.6. The Labute approximate surface area is 214 Å². The molecular formula is C27H27ClN6O2. The van der Waals surface area contributed by atoms with E-state index in [1.54, 1.807) is 16.8 Å². The van der Waals surface area contributed by atoms with Crippen LogP contribution < -0.4 is 16.4 Å². The van der Waals surface area contributed by atoms with E-state index >= 15 is 0 Å². The van der Waals surface area contributed by atoms with Crippen LogP contribution in [-0.4, -0.2) is 40.4 Å². The molecule has 1 fully saturated rings. The van der Waals surface area contributed by atoms with Crippen molar-refractivity contribution in [2.75, 3.05) is 30.8 Å². The minimum absolute atomic E-state index is 0.0290. The van der Waals surface area contributed by atoms with Crippen molar-refractivity contribution < 1.29 is 9.53 Å². The molecule has 4 N–H and O–H groups in total. The lowest BCUT2D eigenvalue weighted by molar-refractivity contribution is -0.0978. The molecule has 1 aliphatic rings. The lowest BCUT2D eigenvalue weighted by Crippen LogP contribution is -2.48. The molecule has 1 aliphatic heterocycles. The van der Waals surface area contributed by atoms with Gasteiger partial charge in [0.1, 0.15) is 11.6 Å². The first-order chi connectivity index (χ1) is 17.4. The summed E-state index contributed by atoms with van der Waals surface area (Å²) in [6, 6.07) is 22.7. The minimum Gasteiger partial charge on any atom is -0.384 e. The van der Waals surface area contributed by atoms with E-state index in [0.29, 0.717) is 48.7 Å². The van der Waals surface area contributed by atoms with Gasteiger partial charge in [-0.1, -0.05) is 48.9 Å². The molecule has 0 atom stereocenters. The van der Waals surface area contributed by atoms with Gasteiger partial charge in [-0.15, -0.1) is 0 Å². The smallest absolute Gasteiger partial charge is 0.271 e. The number of benzene rings is 2. The number of hydrogen-bond donors (Lipinski definition) is 3. The van der Waals surface area contributed by atoms with Gasteiger partial charge < -0.3 is 21.1 Å². The number of nitrogens with one attached hydrogen (secondary N) is 2. The molecule has 5 rings (SSSR count). The second-order valence-electron chi connectivity index (χ2n) is 9.26. The third-order valence-corrected chi connectivity index (χ3v) is 6.46. The quantitative estimate of drug-likeness (QED) is 0.326. The standard InChI is InChI=1S/C27H27ClN6O2/c1-27(16-36-17-27)15-31-26(35)23-13-25(34(33-23)20-6-3-2-4-7-20)30-14-19-12-18(10-11-21(19)28)22-8-5-9-24(29)32-22/h2-13,30H,14-17H2,1H3,(H2,29,32)(H,31,35). The highest BCUT2D eigenvalue weighted by molar-refractivity contribution is 6.31. The Morgan fingerprint density at radius 3 is 2.64 bits per heavy atom. The van der Waals surface area contributed by atoms with E-state index < -0.39 is 0 Å². The fourth-order valence-corrected chi connectivity index (χ4v) is 4.17. The number of anilines is 2. The first-order valence-electron chi connectivity index (χ1n) is 11.7. The highest BCUT2D eigenvalue weighted by atomic mass is 35.5. The van der Waals surface area contributed by atoms with E-state index in [1.165, 1.54) is 0 Å². The van der Waals surface area contributed by atoms with Crippen LogP contribution >= 0.6 is 11.6 Å². The van der Waals surface area contributed by atoms with E-state index in [2.05, 4.69) is 27.6 Å². The van der Waals surface area contributed by atoms with Gasteiger partial charge in [0.25, 0.3) is 5.91 Å². The first-order valence-corrected chi connectivity index (χ1v) is 12.0. The second kappa shape index (κ2) is 10.0. The molecule has 0 bridgehead atoms. The van der Waals surface area contributed by atoms with Gasteiger partial charge in [-0.25, -0.2) is 9.67 Å². The van der Waals surface area contributed by atoms with Crippen LogP contribution in [0.2, 0.25) is 5.02 Å². The summed E-state index contributed by atoms with van der Waals surface area (Å²) in [5, 5.41) is 11.6. The van der Waals surface area contributed by atoms with E-state index in [0.717, 1.165) is 22.5 Å². The molecule has 36 heavy (non-hydrogen) atoms. The maximum Gasteiger partial charge on any atom is 0.271 e. The number of hydrogen-bond acceptors (Lipinski definition) is 6. The number of nitrogens with two attached hydrogens (primary N) is 1. The maximum atomic E-state index is 12.9. The average Bonchev–Trinajstić information content (AvgIpc) is 3.30. The first kappa shape index (κ1) is 23.8. The van der Waals surface area contributed by atoms with Crippen molar-refractivity contribution in [1.82, 2.24) is 20.1 Å². The molecular weight excluding hydrogens is 476 g/mol. The molecule has 2 aromatic heterocycles. The number of nitrogens with zero attached hydrogens (tertiary/aromatic N) is 3. The van der Waals surface area contributed by atoms with E-state index in [1.807, 2.05) is 60.7 Å². The second-order valence-corrected chi connectivity index (χ2v) is 9.66. The fourth-order valence-electron chi connectivity index (χ4n) is 3.99. The predicted molar refractivity (Wildman–Crippen MR) is 141 cm³/mol. The van der Waals surface area contributed by atoms with Gasteiger partial charge in [0.2, 0.25) is 0 Å². The number of aromatic nitrogens is 3. The molecule has 0 saturated carbocycles. The van der Waals surface area contributed by atoms with Gasteiger partial charge in [-0.2, -0.15) is 5.10 Å². The molecule has 4 aromatic rings. The van der Waals surface area contributed by atoms with Crippen LogP contribution in [-0.2, 0) is 11.3 Å². The zero-order chi connectivity index (χ0) is 25.1. The SMILES string of the molecule is CC1(CNC(=O)c2cc(NCc3cc(-c4cccc(N)n4)ccc3Cl)n(-c3ccccc3)n2)COC1. The Morgan fingerprint density at radius 1 is 1.11 bits per heavy atom. The van der Waals surface area contributed by atoms with Gasteiger partial charge in [-0.3, -0.25) is 4.79 Å². The van der Waals surface area contributed by atoms with Gasteiger partial charge >= 0.3 is 0 Å². The van der Waals surface area contributed by atoms with Crippen molar-refractivity contribution >= 4 is 29.1 Å². The summed E-state index contributed by atoms with van der Waals surface area (Å²) in [5.41, 5.74) is 9.55. The largest absolute Gasteiger partial charge is 0.384 e. The minimum atomic E-state index is -0.228. The number of carbonyl (C=O) groups is 1. The maximum absolute atomic E-state index is 12.9. The van der Waals surface area contributed by atoms with Crippen LogP contribution in [0.25, 0.3) is 16.9 Å². The lowest BCUT2D eigenvalue weighted by Gasteiger charge is -2.37. The Balaban J connectivity index is 1.38. The van der Waals surface area contributed by atoms with Gasteiger partial charge in [0, 0.05) is 35.2 Å². The molecule has 1 amide bonds. The molecule has 1 saturated heterocycles. The normalized spacial score (nSPS) is 14.2. The van der Waals surface area contributed by atoms with Gasteiger partial charge in [0.15, 0.2) is 5.69 Å². The molecule has 0 spiro atoms. The summed E-state index contributed by atoms with van der Waals surface area (Å²) < 4.78 is 7.00. The number of halogens is 1. The number of carbonyl (C=O) groups excluding carboxylic acids is 1. The van der Waals surface area contributed by atoms with Crippen molar-refractivity contribution in [1.29, 1.82) is 0 Å². The van der Waals surface area contributed by atoms with Crippen LogP contribution in [0.15, 0.2) is 72.8 Å². The molecule has 2 aromatic carbocycles. The topological polar surface area (TPSA) is 107 Å². The summed E-state index contributed by atoms with van der Waals surface area (Å²) in [6.45, 7) is 4.33. The van der Waals surface area contributed by atoms with Crippen molar-refractivity contribution in [3.8, 4) is 16.9 Å². The monoisotopic (exact) mass is 502 g/mol. The highest BCUT2D eigenvalue weighted by Crippen LogP contribution is 2.27. The molecule has 0 radical (unpaired) electrons. The van der Waals surface area contributed by atoms with E-state index in [9.17, 15) is 4.79 Å². The molecule has 9 heteroatoms. The third kappa shape index (κ3) is 5.19. The summed E-state index contributed by atoms with van der Waals surface area (Å²) in [4.78, 5) is 17.3. The Morgan fingerprint density at radius 2 is 1.92 bits per heavy atom. The Hall–Kier alpha value is -3.88. The summed E-state index contributed by atoms with van der Waals surface area (Å²) in [6.07, 6.45) is 0. The molecule has 3 heterocycles. The summed E-state index contributed by atoms with van der Waals surface area (Å²) in [5.74, 6) is 0.903. The average molecular weight is 503 g/mol. The molecule has 0 aliphatic carbocycles. The molecule has 0 unspecified atom stereocenters. The van der Waals surface area contributed by atoms with E-state index in [-0.39, 0.29) is 11.3 Å². The highest BCUT2D eigenvalue weighted by Gasteiger charge is 2.34. The summed E-state index contributed by atoms with van der Waals surface area (Å²) in [7, 11) is 0. The third-order valence-electron chi connectivity index (χ3n) is 6.09. The van der Waals surface area contributed by atoms with Crippen LogP contribution in [0.5, 0.6) is 0 Å². The van der Waals surface area contributed by atoms with Crippen molar-refractivity contribution in [2.24, 2.45) is 5.41 Å². The fraction of sp³-hybridized carbons (Fsp3) is 0.222. The molecule has 184 valence electrons. The number of pyridine rings is 1. The number of rotatable bonds is 8. The lowest BCUT2D eigenvalue weighted by atomic mass is 9.89. The van der Waals surface area contributed by atoms with Gasteiger partial charge in [-0.05, 0) is 42.0 Å². The van der Waals surface area contributed by atoms with Gasteiger partial charge in [0.05, 0.1) is 24.6 Å². The van der Waals surface area contributed by atoms with Crippen molar-refractivity contribution in [3.63, 3.8) is 0 Å². The van der Waals surface area contributed by atoms with E-state index in [4.69, 9.17) is 22.1 Å². The Bertz CT molecular complexity index is 1380. The number of amides is 1. The molecule has 8 nitrogen and oxygen atoms in total. The van der Waals surface area contributed by atoms with Crippen LogP contribution in [0.3, 0.4) is 0 Å². The van der Waals surface area contributed by atoms with Crippen molar-refractivity contribution in [3.05, 3.63) is 89.1 Å². The number of para-hydroxylation sites is 1. The van der Waals surface area contributed by atoms with Crippen molar-refractivity contribution in [2.45, 2.75) is 13.5 Å². The van der Waals surface area contributed by atoms with Crippen LogP contribution in [0, 0.1) is 5.41 Å². The Kier molecular flexibility index (Phi) is 6.63.